The van der Waals surface area contributed by atoms with Crippen molar-refractivity contribution >= 4 is 55.3 Å². The van der Waals surface area contributed by atoms with Crippen molar-refractivity contribution in [2.24, 2.45) is 0 Å². The second-order valence-electron chi connectivity index (χ2n) is 5.02. The smallest absolute Gasteiger partial charge is 0.297 e. The Hall–Kier alpha value is -2.42. The zero-order valence-corrected chi connectivity index (χ0v) is 14.6. The van der Waals surface area contributed by atoms with Gasteiger partial charge in [-0.25, -0.2) is 8.42 Å². The van der Waals surface area contributed by atoms with Gasteiger partial charge in [-0.2, -0.15) is 0 Å². The Bertz CT molecular complexity index is 1110. The molecular formula is C15H9Cl2N3O4S. The second-order valence-corrected chi connectivity index (χ2v) is 7.69. The lowest BCUT2D eigenvalue weighted by molar-refractivity contribution is -0.386. The lowest BCUT2D eigenvalue weighted by Gasteiger charge is -2.11. The fraction of sp³-hybridized carbons (Fsp3) is 0. The molecule has 2 N–H and O–H groups in total. The fourth-order valence-electron chi connectivity index (χ4n) is 2.48. The number of aromatic nitrogens is 1. The van der Waals surface area contributed by atoms with Gasteiger partial charge in [0.15, 0.2) is 4.90 Å². The monoisotopic (exact) mass is 397 g/mol. The van der Waals surface area contributed by atoms with Crippen LogP contribution in [0.15, 0.2) is 52.4 Å². The molecule has 7 nitrogen and oxygen atoms in total. The highest BCUT2D eigenvalue weighted by Gasteiger charge is 2.34. The quantitative estimate of drug-likeness (QED) is 0.407. The third-order valence-corrected chi connectivity index (χ3v) is 6.24. The van der Waals surface area contributed by atoms with E-state index in [1.165, 1.54) is 36.5 Å². The number of nitrogens with two attached hydrogens (primary N) is 1. The molecule has 0 bridgehead atoms. The number of nitrogens with zero attached hydrogens (tertiary/aromatic N) is 2. The maximum absolute atomic E-state index is 13.0. The van der Waals surface area contributed by atoms with Crippen molar-refractivity contribution in [1.29, 1.82) is 0 Å². The van der Waals surface area contributed by atoms with Crippen LogP contribution in [-0.2, 0) is 9.84 Å². The molecule has 10 heteroatoms. The maximum Gasteiger partial charge on any atom is 0.297 e. The lowest BCUT2D eigenvalue weighted by Crippen LogP contribution is -2.09. The number of hydrogen-bond acceptors (Lipinski definition) is 6. The van der Waals surface area contributed by atoms with Gasteiger partial charge < -0.3 is 5.73 Å². The number of benzene rings is 2. The van der Waals surface area contributed by atoms with E-state index in [1.807, 2.05) is 0 Å². The highest BCUT2D eigenvalue weighted by molar-refractivity contribution is 7.92. The Balaban J connectivity index is 2.47. The van der Waals surface area contributed by atoms with Crippen molar-refractivity contribution < 1.29 is 13.3 Å². The summed E-state index contributed by atoms with van der Waals surface area (Å²) in [7, 11) is -4.40. The van der Waals surface area contributed by atoms with Crippen molar-refractivity contribution in [2.75, 3.05) is 5.73 Å². The van der Waals surface area contributed by atoms with Crippen LogP contribution >= 0.6 is 23.2 Å². The minimum Gasteiger partial charge on any atom is -0.397 e. The topological polar surface area (TPSA) is 116 Å². The first-order valence-electron chi connectivity index (χ1n) is 6.76. The molecule has 0 radical (unpaired) electrons. The number of anilines is 1. The summed E-state index contributed by atoms with van der Waals surface area (Å²) in [5.41, 5.74) is 5.36. The van der Waals surface area contributed by atoms with Gasteiger partial charge in [0.05, 0.1) is 26.0 Å². The highest BCUT2D eigenvalue weighted by Crippen LogP contribution is 2.41. The van der Waals surface area contributed by atoms with Crippen LogP contribution in [-0.4, -0.2) is 18.3 Å². The normalized spacial score (nSPS) is 11.6. The zero-order valence-electron chi connectivity index (χ0n) is 12.3. The third kappa shape index (κ3) is 2.78. The Kier molecular flexibility index (Phi) is 4.28. The van der Waals surface area contributed by atoms with Gasteiger partial charge in [-0.15, -0.1) is 0 Å². The molecule has 0 saturated heterocycles. The Morgan fingerprint density at radius 2 is 1.76 bits per heavy atom. The van der Waals surface area contributed by atoms with E-state index in [9.17, 15) is 18.5 Å². The lowest BCUT2D eigenvalue weighted by atomic mass is 10.1. The van der Waals surface area contributed by atoms with Crippen molar-refractivity contribution in [1.82, 2.24) is 4.98 Å². The molecule has 0 saturated carbocycles. The standard InChI is InChI=1S/C15H9Cl2N3O4S/c16-9-4-1-5-10(17)15(9)25(23,24)12-7-11(18)13-8(3-2-6-19-13)14(12)20(21)22/h1-7H,18H2. The molecule has 3 aromatic rings. The predicted octanol–water partition coefficient (Wildman–Crippen LogP) is 3.86. The fourth-order valence-corrected chi connectivity index (χ4v) is 5.08. The van der Waals surface area contributed by atoms with Gasteiger partial charge >= 0.3 is 0 Å². The Morgan fingerprint density at radius 1 is 1.12 bits per heavy atom. The SMILES string of the molecule is Nc1cc(S(=O)(=O)c2c(Cl)cccc2Cl)c([N+](=O)[O-])c2cccnc12. The van der Waals surface area contributed by atoms with E-state index >= 15 is 0 Å². The molecule has 1 aromatic heterocycles. The first-order chi connectivity index (χ1) is 11.7. The molecule has 0 spiro atoms. The van der Waals surface area contributed by atoms with Gasteiger partial charge in [-0.3, -0.25) is 15.1 Å². The van der Waals surface area contributed by atoms with Gasteiger partial charge in [0.1, 0.15) is 10.4 Å². The van der Waals surface area contributed by atoms with E-state index in [1.54, 1.807) is 0 Å². The minimum atomic E-state index is -4.40. The van der Waals surface area contributed by atoms with Crippen LogP contribution in [0.4, 0.5) is 11.4 Å². The molecule has 0 fully saturated rings. The minimum absolute atomic E-state index is 0.00857. The highest BCUT2D eigenvalue weighted by atomic mass is 35.5. The second kappa shape index (κ2) is 6.14. The molecule has 3 rings (SSSR count). The molecule has 0 unspecified atom stereocenters. The zero-order chi connectivity index (χ0) is 18.4. The summed E-state index contributed by atoms with van der Waals surface area (Å²) in [5.74, 6) is 0. The molecular weight excluding hydrogens is 389 g/mol. The summed E-state index contributed by atoms with van der Waals surface area (Å²) >= 11 is 12.0. The molecule has 128 valence electrons. The number of hydrogen-bond donors (Lipinski definition) is 1. The summed E-state index contributed by atoms with van der Waals surface area (Å²) in [6.45, 7) is 0. The van der Waals surface area contributed by atoms with E-state index in [-0.39, 0.29) is 26.6 Å². The average molecular weight is 398 g/mol. The van der Waals surface area contributed by atoms with Crippen LogP contribution in [0.5, 0.6) is 0 Å². The first kappa shape index (κ1) is 17.4. The van der Waals surface area contributed by atoms with E-state index in [0.29, 0.717) is 0 Å². The molecule has 0 amide bonds. The number of rotatable bonds is 3. The average Bonchev–Trinajstić information content (AvgIpc) is 2.54. The van der Waals surface area contributed by atoms with Crippen molar-refractivity contribution in [3.05, 3.63) is 62.8 Å². The summed E-state index contributed by atoms with van der Waals surface area (Å²) < 4.78 is 26.1. The molecule has 0 aliphatic rings. The molecule has 25 heavy (non-hydrogen) atoms. The Labute approximate surface area is 152 Å². The first-order valence-corrected chi connectivity index (χ1v) is 8.99. The van der Waals surface area contributed by atoms with Crippen LogP contribution in [0.2, 0.25) is 10.0 Å². The summed E-state index contributed by atoms with van der Waals surface area (Å²) in [5, 5.41) is 11.3. The number of nitro benzene ring substituents is 1. The van der Waals surface area contributed by atoms with Gasteiger partial charge in [-0.05, 0) is 30.3 Å². The number of sulfone groups is 1. The number of halogens is 2. The largest absolute Gasteiger partial charge is 0.397 e. The molecule has 0 aliphatic carbocycles. The Morgan fingerprint density at radius 3 is 2.36 bits per heavy atom. The van der Waals surface area contributed by atoms with Gasteiger partial charge in [-0.1, -0.05) is 29.3 Å². The molecule has 2 aromatic carbocycles. The number of fused-ring (bicyclic) bond motifs is 1. The molecule has 0 atom stereocenters. The summed E-state index contributed by atoms with van der Waals surface area (Å²) in [4.78, 5) is 13.8. The predicted molar refractivity (Wildman–Crippen MR) is 94.7 cm³/mol. The van der Waals surface area contributed by atoms with Gasteiger partial charge in [0.25, 0.3) is 5.69 Å². The molecule has 0 aliphatic heterocycles. The number of pyridine rings is 1. The van der Waals surface area contributed by atoms with Gasteiger partial charge in [0.2, 0.25) is 9.84 Å². The van der Waals surface area contributed by atoms with Gasteiger partial charge in [0, 0.05) is 6.20 Å². The maximum atomic E-state index is 13.0. The van der Waals surface area contributed by atoms with Crippen LogP contribution in [0.1, 0.15) is 0 Å². The van der Waals surface area contributed by atoms with Crippen LogP contribution in [0, 0.1) is 10.1 Å². The van der Waals surface area contributed by atoms with E-state index in [2.05, 4.69) is 4.98 Å². The van der Waals surface area contributed by atoms with Crippen molar-refractivity contribution in [3.63, 3.8) is 0 Å². The van der Waals surface area contributed by atoms with E-state index in [0.717, 1.165) is 6.07 Å². The van der Waals surface area contributed by atoms with Crippen molar-refractivity contribution in [3.8, 4) is 0 Å². The number of nitrogen functional groups attached to an aromatic ring is 1. The van der Waals surface area contributed by atoms with Crippen LogP contribution < -0.4 is 5.73 Å². The van der Waals surface area contributed by atoms with E-state index < -0.39 is 30.2 Å². The molecule has 1 heterocycles. The van der Waals surface area contributed by atoms with Crippen LogP contribution in [0.25, 0.3) is 10.9 Å². The number of nitro groups is 1. The summed E-state index contributed by atoms with van der Waals surface area (Å²) in [6, 6.07) is 7.97. The third-order valence-electron chi connectivity index (χ3n) is 3.52. The summed E-state index contributed by atoms with van der Waals surface area (Å²) in [6.07, 6.45) is 1.40. The van der Waals surface area contributed by atoms with E-state index in [4.69, 9.17) is 28.9 Å². The van der Waals surface area contributed by atoms with Crippen LogP contribution in [0.3, 0.4) is 0 Å². The van der Waals surface area contributed by atoms with Crippen molar-refractivity contribution in [2.45, 2.75) is 9.79 Å².